The number of aliphatic hydroxyl groups is 1. The van der Waals surface area contributed by atoms with Crippen LogP contribution in [0.25, 0.3) is 11.4 Å². The lowest BCUT2D eigenvalue weighted by Crippen LogP contribution is -2.24. The normalized spacial score (nSPS) is 19.7. The van der Waals surface area contributed by atoms with E-state index in [4.69, 9.17) is 4.52 Å². The van der Waals surface area contributed by atoms with Crippen LogP contribution in [0.5, 0.6) is 5.75 Å². The zero-order valence-corrected chi connectivity index (χ0v) is 16.8. The molecule has 1 fully saturated rings. The van der Waals surface area contributed by atoms with Crippen molar-refractivity contribution in [2.45, 2.75) is 37.7 Å². The second kappa shape index (κ2) is 8.67. The average molecular weight is 473 g/mol. The van der Waals surface area contributed by atoms with Crippen LogP contribution in [0.3, 0.4) is 0 Å². The SMILES string of the molecule is OC1CC(c2nc(-c3ccc(C(F)(F)F)cc3)no2)N(Cc2cccc(OC(F)(F)F)c2)C1. The van der Waals surface area contributed by atoms with Gasteiger partial charge in [-0.1, -0.05) is 29.4 Å². The van der Waals surface area contributed by atoms with E-state index in [1.807, 2.05) is 0 Å². The van der Waals surface area contributed by atoms with Gasteiger partial charge in [0.05, 0.1) is 17.7 Å². The largest absolute Gasteiger partial charge is 0.573 e. The zero-order valence-electron chi connectivity index (χ0n) is 16.8. The first-order chi connectivity index (χ1) is 15.5. The molecule has 0 bridgehead atoms. The number of aliphatic hydroxyl groups excluding tert-OH is 1. The minimum atomic E-state index is -4.82. The van der Waals surface area contributed by atoms with E-state index in [0.717, 1.165) is 12.1 Å². The third-order valence-electron chi connectivity index (χ3n) is 5.10. The highest BCUT2D eigenvalue weighted by molar-refractivity contribution is 5.54. The summed E-state index contributed by atoms with van der Waals surface area (Å²) in [5.74, 6) is -0.136. The molecule has 6 nitrogen and oxygen atoms in total. The van der Waals surface area contributed by atoms with Crippen molar-refractivity contribution >= 4 is 0 Å². The van der Waals surface area contributed by atoms with E-state index in [1.54, 1.807) is 11.0 Å². The summed E-state index contributed by atoms with van der Waals surface area (Å²) in [5, 5.41) is 14.0. The van der Waals surface area contributed by atoms with Crippen molar-refractivity contribution in [2.24, 2.45) is 0 Å². The molecule has 3 aromatic rings. The lowest BCUT2D eigenvalue weighted by atomic mass is 10.1. The van der Waals surface area contributed by atoms with Crippen LogP contribution in [-0.2, 0) is 12.7 Å². The summed E-state index contributed by atoms with van der Waals surface area (Å²) in [7, 11) is 0. The molecule has 2 aromatic carbocycles. The molecule has 0 spiro atoms. The molecule has 1 N–H and O–H groups in total. The van der Waals surface area contributed by atoms with Gasteiger partial charge in [0.15, 0.2) is 0 Å². The molecule has 0 saturated carbocycles. The van der Waals surface area contributed by atoms with Gasteiger partial charge in [0.1, 0.15) is 5.75 Å². The van der Waals surface area contributed by atoms with Crippen LogP contribution in [-0.4, -0.2) is 39.2 Å². The molecule has 2 unspecified atom stereocenters. The monoisotopic (exact) mass is 473 g/mol. The van der Waals surface area contributed by atoms with E-state index >= 15 is 0 Å². The average Bonchev–Trinajstić information content (AvgIpc) is 3.33. The molecule has 1 aliphatic rings. The fraction of sp³-hybridized carbons (Fsp3) is 0.333. The van der Waals surface area contributed by atoms with Crippen LogP contribution in [0, 0.1) is 0 Å². The minimum absolute atomic E-state index is 0.0839. The van der Waals surface area contributed by atoms with Crippen LogP contribution < -0.4 is 4.74 Å². The van der Waals surface area contributed by atoms with Gasteiger partial charge in [-0.3, -0.25) is 4.90 Å². The van der Waals surface area contributed by atoms with Crippen molar-refractivity contribution in [2.75, 3.05) is 6.54 Å². The first-order valence-corrected chi connectivity index (χ1v) is 9.76. The minimum Gasteiger partial charge on any atom is -0.406 e. The summed E-state index contributed by atoms with van der Waals surface area (Å²) in [6.07, 6.45) is -9.77. The maximum Gasteiger partial charge on any atom is 0.573 e. The van der Waals surface area contributed by atoms with E-state index in [2.05, 4.69) is 14.9 Å². The number of likely N-dealkylation sites (tertiary alicyclic amines) is 1. The number of nitrogens with zero attached hydrogens (tertiary/aromatic N) is 3. The Bertz CT molecular complexity index is 1100. The predicted molar refractivity (Wildman–Crippen MR) is 102 cm³/mol. The predicted octanol–water partition coefficient (Wildman–Crippen LogP) is 4.96. The lowest BCUT2D eigenvalue weighted by molar-refractivity contribution is -0.274. The molecule has 12 heteroatoms. The smallest absolute Gasteiger partial charge is 0.406 e. The topological polar surface area (TPSA) is 71.6 Å². The van der Waals surface area contributed by atoms with E-state index < -0.39 is 30.2 Å². The summed E-state index contributed by atoms with van der Waals surface area (Å²) in [6, 6.07) is 9.22. The molecule has 33 heavy (non-hydrogen) atoms. The summed E-state index contributed by atoms with van der Waals surface area (Å²) >= 11 is 0. The number of hydrogen-bond donors (Lipinski definition) is 1. The van der Waals surface area contributed by atoms with Crippen molar-refractivity contribution in [1.82, 2.24) is 15.0 Å². The van der Waals surface area contributed by atoms with E-state index in [9.17, 15) is 31.4 Å². The van der Waals surface area contributed by atoms with E-state index in [-0.39, 0.29) is 37.0 Å². The van der Waals surface area contributed by atoms with Gasteiger partial charge in [0.2, 0.25) is 11.7 Å². The number of rotatable bonds is 5. The molecule has 1 aromatic heterocycles. The first-order valence-electron chi connectivity index (χ1n) is 9.76. The second-order valence-corrected chi connectivity index (χ2v) is 7.56. The van der Waals surface area contributed by atoms with Gasteiger partial charge in [-0.2, -0.15) is 18.2 Å². The molecule has 2 heterocycles. The Morgan fingerprint density at radius 3 is 2.45 bits per heavy atom. The Kier molecular flexibility index (Phi) is 6.06. The fourth-order valence-electron chi connectivity index (χ4n) is 3.68. The molecule has 1 saturated heterocycles. The Balaban J connectivity index is 1.51. The van der Waals surface area contributed by atoms with Crippen LogP contribution in [0.2, 0.25) is 0 Å². The quantitative estimate of drug-likeness (QED) is 0.528. The molecule has 2 atom stereocenters. The number of aromatic nitrogens is 2. The molecule has 0 amide bonds. The lowest BCUT2D eigenvalue weighted by Gasteiger charge is -2.21. The van der Waals surface area contributed by atoms with Gasteiger partial charge in [0, 0.05) is 18.7 Å². The van der Waals surface area contributed by atoms with Crippen LogP contribution in [0.15, 0.2) is 53.1 Å². The third kappa shape index (κ3) is 5.63. The Morgan fingerprint density at radius 2 is 1.79 bits per heavy atom. The number of β-amino-alcohol motifs (C(OH)–C–C–N with tert-alkyl or cyclic N) is 1. The number of benzene rings is 2. The standard InChI is InChI=1S/C21H17F6N3O3/c22-20(23,24)14-6-4-13(5-7-14)18-28-19(33-29-18)17-9-15(31)11-30(17)10-12-2-1-3-16(8-12)32-21(25,26)27/h1-8,15,17,31H,9-11H2. The molecule has 176 valence electrons. The van der Waals surface area contributed by atoms with Gasteiger partial charge >= 0.3 is 12.5 Å². The molecule has 0 aliphatic carbocycles. The van der Waals surface area contributed by atoms with Crippen molar-refractivity contribution in [1.29, 1.82) is 0 Å². The van der Waals surface area contributed by atoms with Gasteiger partial charge in [0.25, 0.3) is 0 Å². The van der Waals surface area contributed by atoms with Crippen molar-refractivity contribution < 1.29 is 40.7 Å². The van der Waals surface area contributed by atoms with Gasteiger partial charge in [-0.15, -0.1) is 13.2 Å². The van der Waals surface area contributed by atoms with E-state index in [0.29, 0.717) is 11.1 Å². The van der Waals surface area contributed by atoms with Crippen LogP contribution >= 0.6 is 0 Å². The zero-order chi connectivity index (χ0) is 23.8. The number of hydrogen-bond acceptors (Lipinski definition) is 6. The summed E-state index contributed by atoms with van der Waals surface area (Å²) in [4.78, 5) is 6.03. The summed E-state index contributed by atoms with van der Waals surface area (Å²) in [6.45, 7) is 0.391. The second-order valence-electron chi connectivity index (χ2n) is 7.56. The third-order valence-corrected chi connectivity index (χ3v) is 5.10. The van der Waals surface area contributed by atoms with E-state index in [1.165, 1.54) is 30.3 Å². The molecular weight excluding hydrogens is 456 g/mol. The number of halogens is 6. The highest BCUT2D eigenvalue weighted by Gasteiger charge is 2.36. The first kappa shape index (κ1) is 23.1. The molecular formula is C21H17F6N3O3. The molecule has 0 radical (unpaired) electrons. The van der Waals surface area contributed by atoms with Crippen molar-refractivity contribution in [3.63, 3.8) is 0 Å². The highest BCUT2D eigenvalue weighted by atomic mass is 19.4. The maximum absolute atomic E-state index is 12.8. The summed E-state index contributed by atoms with van der Waals surface area (Å²) in [5.41, 5.74) is 0.0233. The Morgan fingerprint density at radius 1 is 1.06 bits per heavy atom. The summed E-state index contributed by atoms with van der Waals surface area (Å²) < 4.78 is 85.0. The van der Waals surface area contributed by atoms with Crippen molar-refractivity contribution in [3.05, 3.63) is 65.5 Å². The molecule has 4 rings (SSSR count). The maximum atomic E-state index is 12.8. The van der Waals surface area contributed by atoms with Crippen molar-refractivity contribution in [3.8, 4) is 17.1 Å². The highest BCUT2D eigenvalue weighted by Crippen LogP contribution is 2.35. The van der Waals surface area contributed by atoms with Gasteiger partial charge in [-0.25, -0.2) is 0 Å². The van der Waals surface area contributed by atoms with Crippen LogP contribution in [0.4, 0.5) is 26.3 Å². The van der Waals surface area contributed by atoms with Gasteiger partial charge < -0.3 is 14.4 Å². The number of ether oxygens (including phenoxy) is 1. The fourth-order valence-corrected chi connectivity index (χ4v) is 3.68. The number of alkyl halides is 6. The Hall–Kier alpha value is -3.12. The Labute approximate surface area is 183 Å². The van der Waals surface area contributed by atoms with Crippen LogP contribution in [0.1, 0.15) is 29.5 Å². The molecule has 1 aliphatic heterocycles. The van der Waals surface area contributed by atoms with Gasteiger partial charge in [-0.05, 0) is 36.2 Å².